The number of aromatic nitrogens is 3. The molecule has 0 saturated heterocycles. The smallest absolute Gasteiger partial charge is 0.147 e. The summed E-state index contributed by atoms with van der Waals surface area (Å²) in [7, 11) is 1.90. The van der Waals surface area contributed by atoms with Gasteiger partial charge in [0.15, 0.2) is 0 Å². The number of hydrogen-bond acceptors (Lipinski definition) is 4. The van der Waals surface area contributed by atoms with E-state index in [4.69, 9.17) is 5.73 Å². The third-order valence-corrected chi connectivity index (χ3v) is 2.25. The molecule has 2 rings (SSSR count). The van der Waals surface area contributed by atoms with Crippen LogP contribution in [0.25, 0.3) is 0 Å². The maximum atomic E-state index is 5.56. The second-order valence-corrected chi connectivity index (χ2v) is 3.63. The van der Waals surface area contributed by atoms with Crippen molar-refractivity contribution in [3.05, 3.63) is 36.3 Å². The van der Waals surface area contributed by atoms with Gasteiger partial charge in [-0.15, -0.1) is 0 Å². The fourth-order valence-corrected chi connectivity index (χ4v) is 1.41. The predicted molar refractivity (Wildman–Crippen MR) is 64.1 cm³/mol. The number of nitrogen functional groups attached to an aromatic ring is 1. The summed E-state index contributed by atoms with van der Waals surface area (Å²) < 4.78 is 1.77. The monoisotopic (exact) mass is 217 g/mol. The van der Waals surface area contributed by atoms with E-state index in [1.807, 2.05) is 31.4 Å². The zero-order chi connectivity index (χ0) is 11.4. The average Bonchev–Trinajstić information content (AvgIpc) is 2.67. The van der Waals surface area contributed by atoms with Crippen LogP contribution in [0.5, 0.6) is 0 Å². The van der Waals surface area contributed by atoms with Gasteiger partial charge < -0.3 is 11.1 Å². The van der Waals surface area contributed by atoms with Crippen molar-refractivity contribution in [1.82, 2.24) is 14.8 Å². The minimum Gasteiger partial charge on any atom is -0.397 e. The molecular weight excluding hydrogens is 202 g/mol. The number of hydrogen-bond donors (Lipinski definition) is 2. The lowest BCUT2D eigenvalue weighted by Gasteiger charge is -2.02. The Kier molecular flexibility index (Phi) is 3.05. The highest BCUT2D eigenvalue weighted by Crippen LogP contribution is 2.04. The van der Waals surface area contributed by atoms with Gasteiger partial charge in [0, 0.05) is 38.0 Å². The van der Waals surface area contributed by atoms with E-state index in [1.54, 1.807) is 10.9 Å². The van der Waals surface area contributed by atoms with Crippen LogP contribution < -0.4 is 11.1 Å². The van der Waals surface area contributed by atoms with Crippen molar-refractivity contribution in [3.8, 4) is 0 Å². The zero-order valence-electron chi connectivity index (χ0n) is 9.22. The third-order valence-electron chi connectivity index (χ3n) is 2.25. The van der Waals surface area contributed by atoms with Crippen molar-refractivity contribution in [2.75, 3.05) is 17.6 Å². The van der Waals surface area contributed by atoms with Crippen LogP contribution in [0, 0.1) is 0 Å². The Labute approximate surface area is 94.3 Å². The van der Waals surface area contributed by atoms with Gasteiger partial charge in [0.2, 0.25) is 0 Å². The molecule has 16 heavy (non-hydrogen) atoms. The standard InChI is InChI=1S/C11H15N5/c1-16-7-5-11(15-16)13-6-4-10-3-2-9(12)8-14-10/h2-3,5,7-8H,4,6,12H2,1H3,(H,13,15). The highest BCUT2D eigenvalue weighted by molar-refractivity contribution is 5.35. The third kappa shape index (κ3) is 2.73. The number of nitrogens with one attached hydrogen (secondary N) is 1. The number of rotatable bonds is 4. The molecule has 0 amide bonds. The normalized spacial score (nSPS) is 10.3. The summed E-state index contributed by atoms with van der Waals surface area (Å²) in [4.78, 5) is 4.22. The van der Waals surface area contributed by atoms with Gasteiger partial charge in [-0.3, -0.25) is 9.67 Å². The highest BCUT2D eigenvalue weighted by Gasteiger charge is 1.97. The topological polar surface area (TPSA) is 68.8 Å². The van der Waals surface area contributed by atoms with Crippen LogP contribution in [0.1, 0.15) is 5.69 Å². The Morgan fingerprint density at radius 3 is 2.88 bits per heavy atom. The van der Waals surface area contributed by atoms with E-state index in [0.717, 1.165) is 24.5 Å². The number of anilines is 2. The first-order valence-corrected chi connectivity index (χ1v) is 5.18. The second kappa shape index (κ2) is 4.65. The number of pyridine rings is 1. The Bertz CT molecular complexity index is 446. The Morgan fingerprint density at radius 1 is 1.38 bits per heavy atom. The van der Waals surface area contributed by atoms with Crippen LogP contribution in [0.2, 0.25) is 0 Å². The first-order valence-electron chi connectivity index (χ1n) is 5.18. The molecule has 0 saturated carbocycles. The lowest BCUT2D eigenvalue weighted by molar-refractivity contribution is 0.767. The molecule has 0 fully saturated rings. The van der Waals surface area contributed by atoms with E-state index in [-0.39, 0.29) is 0 Å². The quantitative estimate of drug-likeness (QED) is 0.803. The van der Waals surface area contributed by atoms with Crippen molar-refractivity contribution in [1.29, 1.82) is 0 Å². The molecule has 0 atom stereocenters. The van der Waals surface area contributed by atoms with Crippen molar-refractivity contribution in [2.45, 2.75) is 6.42 Å². The number of nitrogens with zero attached hydrogens (tertiary/aromatic N) is 3. The molecule has 0 spiro atoms. The summed E-state index contributed by atoms with van der Waals surface area (Å²) in [5.41, 5.74) is 7.28. The Balaban J connectivity index is 1.82. The van der Waals surface area contributed by atoms with Crippen molar-refractivity contribution < 1.29 is 0 Å². The van der Waals surface area contributed by atoms with E-state index < -0.39 is 0 Å². The minimum absolute atomic E-state index is 0.696. The molecule has 0 bridgehead atoms. The first-order chi connectivity index (χ1) is 7.74. The largest absolute Gasteiger partial charge is 0.397 e. The highest BCUT2D eigenvalue weighted by atomic mass is 15.3. The van der Waals surface area contributed by atoms with Crippen LogP contribution in [-0.2, 0) is 13.5 Å². The summed E-state index contributed by atoms with van der Waals surface area (Å²) >= 11 is 0. The van der Waals surface area contributed by atoms with E-state index in [2.05, 4.69) is 15.4 Å². The fourth-order valence-electron chi connectivity index (χ4n) is 1.41. The maximum absolute atomic E-state index is 5.56. The number of nitrogens with two attached hydrogens (primary N) is 1. The molecule has 5 heteroatoms. The van der Waals surface area contributed by atoms with E-state index >= 15 is 0 Å². The van der Waals surface area contributed by atoms with Crippen molar-refractivity contribution in [2.24, 2.45) is 7.05 Å². The molecule has 0 radical (unpaired) electrons. The van der Waals surface area contributed by atoms with Crippen LogP contribution >= 0.6 is 0 Å². The van der Waals surface area contributed by atoms with Crippen LogP contribution in [0.15, 0.2) is 30.6 Å². The van der Waals surface area contributed by atoms with Crippen LogP contribution in [-0.4, -0.2) is 21.3 Å². The van der Waals surface area contributed by atoms with E-state index in [1.165, 1.54) is 0 Å². The van der Waals surface area contributed by atoms with E-state index in [9.17, 15) is 0 Å². The molecule has 0 aromatic carbocycles. The molecule has 0 unspecified atom stereocenters. The molecule has 0 aliphatic rings. The predicted octanol–water partition coefficient (Wildman–Crippen LogP) is 1.05. The minimum atomic E-state index is 0.696. The SMILES string of the molecule is Cn1ccc(NCCc2ccc(N)cn2)n1. The van der Waals surface area contributed by atoms with Gasteiger partial charge in [0.25, 0.3) is 0 Å². The molecule has 0 aliphatic carbocycles. The maximum Gasteiger partial charge on any atom is 0.147 e. The molecule has 5 nitrogen and oxygen atoms in total. The molecule has 84 valence electrons. The Morgan fingerprint density at radius 2 is 2.25 bits per heavy atom. The summed E-state index contributed by atoms with van der Waals surface area (Å²) in [6, 6.07) is 5.74. The zero-order valence-corrected chi connectivity index (χ0v) is 9.22. The van der Waals surface area contributed by atoms with Gasteiger partial charge in [0.05, 0.1) is 11.9 Å². The lowest BCUT2D eigenvalue weighted by atomic mass is 10.2. The summed E-state index contributed by atoms with van der Waals surface area (Å²) in [5, 5.41) is 7.45. The van der Waals surface area contributed by atoms with Gasteiger partial charge >= 0.3 is 0 Å². The van der Waals surface area contributed by atoms with Gasteiger partial charge in [-0.1, -0.05) is 0 Å². The summed E-state index contributed by atoms with van der Waals surface area (Å²) in [6.45, 7) is 0.813. The molecule has 2 aromatic rings. The van der Waals surface area contributed by atoms with Gasteiger partial charge in [-0.05, 0) is 12.1 Å². The second-order valence-electron chi connectivity index (χ2n) is 3.63. The lowest BCUT2D eigenvalue weighted by Crippen LogP contribution is -2.06. The van der Waals surface area contributed by atoms with Crippen molar-refractivity contribution in [3.63, 3.8) is 0 Å². The first kappa shape index (κ1) is 10.5. The molecule has 2 heterocycles. The number of aryl methyl sites for hydroxylation is 1. The fraction of sp³-hybridized carbons (Fsp3) is 0.273. The van der Waals surface area contributed by atoms with E-state index in [0.29, 0.717) is 5.69 Å². The molecule has 3 N–H and O–H groups in total. The van der Waals surface area contributed by atoms with Crippen LogP contribution in [0.3, 0.4) is 0 Å². The summed E-state index contributed by atoms with van der Waals surface area (Å²) in [6.07, 6.45) is 4.44. The van der Waals surface area contributed by atoms with Crippen LogP contribution in [0.4, 0.5) is 11.5 Å². The van der Waals surface area contributed by atoms with Crippen molar-refractivity contribution >= 4 is 11.5 Å². The van der Waals surface area contributed by atoms with Gasteiger partial charge in [-0.25, -0.2) is 0 Å². The summed E-state index contributed by atoms with van der Waals surface area (Å²) in [5.74, 6) is 0.887. The molecule has 2 aromatic heterocycles. The van der Waals surface area contributed by atoms with Gasteiger partial charge in [0.1, 0.15) is 5.82 Å². The average molecular weight is 217 g/mol. The molecule has 0 aliphatic heterocycles. The van der Waals surface area contributed by atoms with Gasteiger partial charge in [-0.2, -0.15) is 5.10 Å². The molecular formula is C11H15N5. The Hall–Kier alpha value is -2.04.